The molecule has 1 aliphatic heterocycles. The number of nitrogens with one attached hydrogen (secondary N) is 1. The first kappa shape index (κ1) is 16.2. The van der Waals surface area contributed by atoms with Crippen LogP contribution >= 0.6 is 0 Å². The minimum atomic E-state index is 0.139. The number of aldehydes is 1. The van der Waals surface area contributed by atoms with Crippen LogP contribution in [0.2, 0.25) is 0 Å². The molecule has 1 aliphatic rings. The monoisotopic (exact) mass is 322 g/mol. The normalized spacial score (nSPS) is 15.8. The Bertz CT molecular complexity index is 855. The van der Waals surface area contributed by atoms with Gasteiger partial charge in [-0.25, -0.2) is 4.98 Å². The summed E-state index contributed by atoms with van der Waals surface area (Å²) in [6, 6.07) is 15.3. The van der Waals surface area contributed by atoms with Gasteiger partial charge in [0.15, 0.2) is 0 Å². The molecule has 124 valence electrons. The third kappa shape index (κ3) is 3.03. The molecule has 0 fully saturated rings. The molecule has 1 aromatic heterocycles. The van der Waals surface area contributed by atoms with Crippen molar-refractivity contribution in [2.45, 2.75) is 19.4 Å². The van der Waals surface area contributed by atoms with Gasteiger partial charge < -0.3 is 20.4 Å². The Balaban J connectivity index is 0.000000383. The minimum absolute atomic E-state index is 0.139. The fraction of sp³-hybridized carbons (Fsp3) is 0.263. The predicted octanol–water partition coefficient (Wildman–Crippen LogP) is 2.75. The fourth-order valence-electron chi connectivity index (χ4n) is 3.12. The van der Waals surface area contributed by atoms with Gasteiger partial charge in [0.05, 0.1) is 17.1 Å². The third-order valence-corrected chi connectivity index (χ3v) is 4.32. The highest BCUT2D eigenvalue weighted by Gasteiger charge is 2.29. The zero-order valence-corrected chi connectivity index (χ0v) is 14.0. The van der Waals surface area contributed by atoms with Crippen molar-refractivity contribution in [3.05, 3.63) is 59.4 Å². The van der Waals surface area contributed by atoms with Crippen molar-refractivity contribution in [2.75, 3.05) is 18.5 Å². The molecule has 0 aliphatic carbocycles. The van der Waals surface area contributed by atoms with Gasteiger partial charge in [-0.2, -0.15) is 0 Å². The van der Waals surface area contributed by atoms with E-state index in [1.807, 2.05) is 0 Å². The van der Waals surface area contributed by atoms with Crippen molar-refractivity contribution in [2.24, 2.45) is 5.73 Å². The Kier molecular flexibility index (Phi) is 4.62. The second kappa shape index (κ2) is 6.84. The third-order valence-electron chi connectivity index (χ3n) is 4.32. The minimum Gasteiger partial charge on any atom is -0.364 e. The van der Waals surface area contributed by atoms with Crippen molar-refractivity contribution < 1.29 is 4.79 Å². The number of carbonyl (C=O) groups is 1. The molecule has 0 saturated heterocycles. The highest BCUT2D eigenvalue weighted by atomic mass is 16.1. The SMILES string of the molecule is Cc1ccc2nc(C3Cc4ccccc4N3C)[nH]c2c1.NCC=O. The Morgan fingerprint density at radius 3 is 2.79 bits per heavy atom. The van der Waals surface area contributed by atoms with Crippen molar-refractivity contribution in [1.29, 1.82) is 0 Å². The molecule has 4 rings (SSSR count). The van der Waals surface area contributed by atoms with E-state index in [9.17, 15) is 0 Å². The number of nitrogens with zero attached hydrogens (tertiary/aromatic N) is 2. The number of H-pyrrole nitrogens is 1. The highest BCUT2D eigenvalue weighted by molar-refractivity contribution is 5.76. The molecular formula is C19H22N4O. The lowest BCUT2D eigenvalue weighted by molar-refractivity contribution is -0.106. The predicted molar refractivity (Wildman–Crippen MR) is 97.2 cm³/mol. The van der Waals surface area contributed by atoms with Crippen LogP contribution < -0.4 is 10.6 Å². The first-order valence-electron chi connectivity index (χ1n) is 8.04. The molecule has 0 radical (unpaired) electrons. The van der Waals surface area contributed by atoms with E-state index in [0.29, 0.717) is 12.3 Å². The lowest BCUT2D eigenvalue weighted by Gasteiger charge is -2.20. The molecule has 5 heteroatoms. The average Bonchev–Trinajstić information content (AvgIpc) is 3.16. The van der Waals surface area contributed by atoms with E-state index >= 15 is 0 Å². The number of para-hydroxylation sites is 1. The van der Waals surface area contributed by atoms with Gasteiger partial charge in [-0.1, -0.05) is 24.3 Å². The maximum absolute atomic E-state index is 9.05. The van der Waals surface area contributed by atoms with Crippen LogP contribution in [0.15, 0.2) is 42.5 Å². The topological polar surface area (TPSA) is 75.0 Å². The van der Waals surface area contributed by atoms with E-state index < -0.39 is 0 Å². The van der Waals surface area contributed by atoms with E-state index in [2.05, 4.69) is 72.1 Å². The van der Waals surface area contributed by atoms with Crippen LogP contribution in [-0.2, 0) is 11.2 Å². The summed E-state index contributed by atoms with van der Waals surface area (Å²) in [6.45, 7) is 2.25. The second-order valence-corrected chi connectivity index (χ2v) is 6.00. The smallest absolute Gasteiger partial charge is 0.133 e. The lowest BCUT2D eigenvalue weighted by Crippen LogP contribution is -2.20. The van der Waals surface area contributed by atoms with Crippen molar-refractivity contribution >= 4 is 23.0 Å². The summed E-state index contributed by atoms with van der Waals surface area (Å²) in [7, 11) is 2.15. The number of hydrogen-bond acceptors (Lipinski definition) is 4. The van der Waals surface area contributed by atoms with Crippen LogP contribution in [0.3, 0.4) is 0 Å². The van der Waals surface area contributed by atoms with Gasteiger partial charge >= 0.3 is 0 Å². The average molecular weight is 322 g/mol. The number of benzene rings is 2. The standard InChI is InChI=1S/C17H17N3.C2H5NO/c1-11-7-8-13-14(9-11)19-17(18-13)16-10-12-5-3-4-6-15(12)20(16)2;3-1-2-4/h3-9,16H,10H2,1-2H3,(H,18,19);2H,1,3H2. The van der Waals surface area contributed by atoms with E-state index in [0.717, 1.165) is 23.3 Å². The second-order valence-electron chi connectivity index (χ2n) is 6.00. The molecule has 0 spiro atoms. The van der Waals surface area contributed by atoms with Crippen molar-refractivity contribution in [1.82, 2.24) is 9.97 Å². The lowest BCUT2D eigenvalue weighted by atomic mass is 10.1. The Labute approximate surface area is 141 Å². The molecule has 1 unspecified atom stereocenters. The van der Waals surface area contributed by atoms with Gasteiger partial charge in [-0.3, -0.25) is 0 Å². The summed E-state index contributed by atoms with van der Waals surface area (Å²) < 4.78 is 0. The number of nitrogens with two attached hydrogens (primary N) is 1. The molecule has 5 nitrogen and oxygen atoms in total. The first-order chi connectivity index (χ1) is 11.6. The maximum atomic E-state index is 9.05. The number of likely N-dealkylation sites (N-methyl/N-ethyl adjacent to an activating group) is 1. The maximum Gasteiger partial charge on any atom is 0.133 e. The number of rotatable bonds is 2. The van der Waals surface area contributed by atoms with E-state index in [1.165, 1.54) is 16.8 Å². The number of aromatic nitrogens is 2. The van der Waals surface area contributed by atoms with Gasteiger partial charge in [0.2, 0.25) is 0 Å². The molecule has 3 aromatic rings. The summed E-state index contributed by atoms with van der Waals surface area (Å²) >= 11 is 0. The number of anilines is 1. The highest BCUT2D eigenvalue weighted by Crippen LogP contribution is 2.38. The van der Waals surface area contributed by atoms with Crippen molar-refractivity contribution in [3.63, 3.8) is 0 Å². The van der Waals surface area contributed by atoms with Gasteiger partial charge in [0, 0.05) is 25.7 Å². The summed E-state index contributed by atoms with van der Waals surface area (Å²) in [4.78, 5) is 19.6. The van der Waals surface area contributed by atoms with Gasteiger partial charge in [-0.15, -0.1) is 0 Å². The van der Waals surface area contributed by atoms with Crippen molar-refractivity contribution in [3.8, 4) is 0 Å². The molecule has 3 N–H and O–H groups in total. The summed E-state index contributed by atoms with van der Waals surface area (Å²) in [5.74, 6) is 1.06. The number of imidazole rings is 1. The Morgan fingerprint density at radius 1 is 1.33 bits per heavy atom. The van der Waals surface area contributed by atoms with Crippen LogP contribution in [0.5, 0.6) is 0 Å². The number of fused-ring (bicyclic) bond motifs is 2. The molecule has 0 saturated carbocycles. The zero-order chi connectivity index (χ0) is 17.1. The molecule has 2 heterocycles. The fourth-order valence-corrected chi connectivity index (χ4v) is 3.12. The number of hydrogen-bond donors (Lipinski definition) is 2. The largest absolute Gasteiger partial charge is 0.364 e. The van der Waals surface area contributed by atoms with Crippen LogP contribution in [-0.4, -0.2) is 29.8 Å². The van der Waals surface area contributed by atoms with E-state index in [-0.39, 0.29) is 6.54 Å². The first-order valence-corrected chi connectivity index (χ1v) is 8.04. The summed E-state index contributed by atoms with van der Waals surface area (Å²) in [6.07, 6.45) is 1.67. The van der Waals surface area contributed by atoms with Crippen LogP contribution in [0.1, 0.15) is 23.0 Å². The molecule has 2 aromatic carbocycles. The van der Waals surface area contributed by atoms with Crippen LogP contribution in [0.25, 0.3) is 11.0 Å². The molecule has 0 bridgehead atoms. The molecule has 1 atom stereocenters. The Hall–Kier alpha value is -2.66. The quantitative estimate of drug-likeness (QED) is 0.711. The van der Waals surface area contributed by atoms with Gasteiger partial charge in [0.1, 0.15) is 12.1 Å². The summed E-state index contributed by atoms with van der Waals surface area (Å²) in [5, 5.41) is 0. The number of aryl methyl sites for hydroxylation is 1. The number of aromatic amines is 1. The molecule has 0 amide bonds. The van der Waals surface area contributed by atoms with E-state index in [1.54, 1.807) is 0 Å². The molecular weight excluding hydrogens is 300 g/mol. The van der Waals surface area contributed by atoms with E-state index in [4.69, 9.17) is 9.78 Å². The van der Waals surface area contributed by atoms with Crippen LogP contribution in [0.4, 0.5) is 5.69 Å². The summed E-state index contributed by atoms with van der Waals surface area (Å²) in [5.41, 5.74) is 10.8. The zero-order valence-electron chi connectivity index (χ0n) is 14.0. The molecule has 24 heavy (non-hydrogen) atoms. The van der Waals surface area contributed by atoms with Gasteiger partial charge in [0.25, 0.3) is 0 Å². The van der Waals surface area contributed by atoms with Gasteiger partial charge in [-0.05, 0) is 36.2 Å². The van der Waals surface area contributed by atoms with Crippen LogP contribution in [0, 0.1) is 6.92 Å². The number of carbonyl (C=O) groups excluding carboxylic acids is 1. The Morgan fingerprint density at radius 2 is 2.08 bits per heavy atom.